The number of benzene rings is 4. The largest absolute Gasteiger partial charge is 0.493 e. The van der Waals surface area contributed by atoms with Crippen molar-refractivity contribution in [2.75, 3.05) is 90.4 Å². The monoisotopic (exact) mass is 808 g/mol. The molecule has 12 nitrogen and oxygen atoms in total. The van der Waals surface area contributed by atoms with Gasteiger partial charge in [0.2, 0.25) is 0 Å². The minimum absolute atomic E-state index is 0.111. The van der Waals surface area contributed by atoms with E-state index in [0.717, 1.165) is 56.8 Å². The van der Waals surface area contributed by atoms with E-state index in [1.165, 1.54) is 12.8 Å². The van der Waals surface area contributed by atoms with Gasteiger partial charge in [0.15, 0.2) is 11.6 Å². The van der Waals surface area contributed by atoms with Crippen molar-refractivity contribution in [3.63, 3.8) is 0 Å². The van der Waals surface area contributed by atoms with Gasteiger partial charge in [-0.3, -0.25) is 14.5 Å². The molecule has 3 aliphatic rings. The van der Waals surface area contributed by atoms with Gasteiger partial charge in [0, 0.05) is 58.6 Å². The molecule has 0 amide bonds. The first-order chi connectivity index (χ1) is 28.7. The van der Waals surface area contributed by atoms with E-state index < -0.39 is 0 Å². The zero-order chi connectivity index (χ0) is 42.1. The highest BCUT2D eigenvalue weighted by Gasteiger charge is 2.37. The molecule has 4 N–H and O–H groups in total. The Bertz CT molecular complexity index is 2130. The lowest BCUT2D eigenvalue weighted by Crippen LogP contribution is -2.25. The SMILES string of the molecule is CCOc1cc(OCC)c2c(c1N)C(=O)c1cccc(OCCCN(CC)CC)c1-2.CCOc1cc(OCC)c2c(c1N)C(=O)c1cccc(OCCN3CCCC3)c1-2. The van der Waals surface area contributed by atoms with Crippen LogP contribution in [0.25, 0.3) is 22.3 Å². The van der Waals surface area contributed by atoms with Crippen molar-refractivity contribution in [1.29, 1.82) is 0 Å². The fourth-order valence-electron chi connectivity index (χ4n) is 8.12. The molecule has 4 aromatic rings. The molecular weight excluding hydrogens is 749 g/mol. The zero-order valence-corrected chi connectivity index (χ0v) is 35.5. The maximum Gasteiger partial charge on any atom is 0.196 e. The smallest absolute Gasteiger partial charge is 0.196 e. The predicted octanol–water partition coefficient (Wildman–Crippen LogP) is 8.14. The average molecular weight is 809 g/mol. The number of carbonyl (C=O) groups excluding carboxylic acids is 2. The van der Waals surface area contributed by atoms with E-state index in [-0.39, 0.29) is 11.6 Å². The lowest BCUT2D eigenvalue weighted by molar-refractivity contribution is 0.103. The standard InChI is InChI=1S/C24H32N2O4.C23H28N2O4/c1-5-26(6-2)13-10-14-30-17-12-9-11-16-20(17)21-18(28-7-3)15-19(29-8-4)23(25)22(21)24(16)27;1-3-27-17-14-18(28-4-2)22(24)21-20(17)19-15(23(21)26)8-7-9-16(19)29-13-12-25-10-5-6-11-25/h9,11-12,15H,5-8,10,13-14,25H2,1-4H3;7-9,14H,3-6,10-13,24H2,1-2H3. The fourth-order valence-corrected chi connectivity index (χ4v) is 8.12. The summed E-state index contributed by atoms with van der Waals surface area (Å²) in [7, 11) is 0. The third-order valence-corrected chi connectivity index (χ3v) is 10.9. The highest BCUT2D eigenvalue weighted by Crippen LogP contribution is 2.53. The molecule has 1 aliphatic heterocycles. The quantitative estimate of drug-likeness (QED) is 0.0601. The molecule has 0 unspecified atom stereocenters. The number of fused-ring (bicyclic) bond motifs is 6. The highest BCUT2D eigenvalue weighted by atomic mass is 16.5. The van der Waals surface area contributed by atoms with Crippen LogP contribution < -0.4 is 39.9 Å². The van der Waals surface area contributed by atoms with Crippen LogP contribution in [0, 0.1) is 0 Å². The first-order valence-electron chi connectivity index (χ1n) is 21.2. The van der Waals surface area contributed by atoms with Crippen molar-refractivity contribution in [2.45, 2.75) is 60.8 Å². The van der Waals surface area contributed by atoms with Gasteiger partial charge in [-0.25, -0.2) is 0 Å². The van der Waals surface area contributed by atoms with Crippen LogP contribution in [0.5, 0.6) is 34.5 Å². The Balaban J connectivity index is 0.000000198. The second kappa shape index (κ2) is 20.0. The van der Waals surface area contributed by atoms with E-state index in [1.54, 1.807) is 12.1 Å². The van der Waals surface area contributed by atoms with Gasteiger partial charge in [0.05, 0.1) is 55.5 Å². The number of nitrogens with two attached hydrogens (primary N) is 2. The zero-order valence-electron chi connectivity index (χ0n) is 35.5. The molecule has 1 fully saturated rings. The van der Waals surface area contributed by atoms with Crippen LogP contribution in [0.15, 0.2) is 48.5 Å². The van der Waals surface area contributed by atoms with Crippen molar-refractivity contribution in [3.05, 3.63) is 70.8 Å². The Labute approximate surface area is 348 Å². The van der Waals surface area contributed by atoms with Gasteiger partial charge in [-0.1, -0.05) is 38.1 Å². The van der Waals surface area contributed by atoms with Gasteiger partial charge in [-0.05, 0) is 85.3 Å². The number of carbonyl (C=O) groups is 2. The van der Waals surface area contributed by atoms with Crippen LogP contribution in [-0.2, 0) is 0 Å². The Morgan fingerprint density at radius 2 is 0.983 bits per heavy atom. The molecule has 0 spiro atoms. The Hall–Kier alpha value is -5.46. The van der Waals surface area contributed by atoms with Gasteiger partial charge < -0.3 is 44.8 Å². The van der Waals surface area contributed by atoms with Gasteiger partial charge in [0.25, 0.3) is 0 Å². The Morgan fingerprint density at radius 3 is 1.42 bits per heavy atom. The molecule has 1 saturated heterocycles. The molecule has 1 heterocycles. The van der Waals surface area contributed by atoms with Crippen LogP contribution >= 0.6 is 0 Å². The summed E-state index contributed by atoms with van der Waals surface area (Å²) in [6.07, 6.45) is 3.42. The summed E-state index contributed by atoms with van der Waals surface area (Å²) < 4.78 is 35.4. The van der Waals surface area contributed by atoms with E-state index in [2.05, 4.69) is 23.6 Å². The summed E-state index contributed by atoms with van der Waals surface area (Å²) in [6.45, 7) is 21.1. The third kappa shape index (κ3) is 8.94. The minimum atomic E-state index is -0.117. The maximum atomic E-state index is 13.2. The predicted molar refractivity (Wildman–Crippen MR) is 233 cm³/mol. The summed E-state index contributed by atoms with van der Waals surface area (Å²) in [4.78, 5) is 31.2. The minimum Gasteiger partial charge on any atom is -0.493 e. The molecule has 7 rings (SSSR count). The average Bonchev–Trinajstić information content (AvgIpc) is 3.95. The molecular formula is C47H60N4O8. The number of rotatable bonds is 19. The molecule has 0 saturated carbocycles. The molecule has 2 aliphatic carbocycles. The van der Waals surface area contributed by atoms with Gasteiger partial charge in [0.1, 0.15) is 41.1 Å². The van der Waals surface area contributed by atoms with Crippen molar-refractivity contribution in [2.24, 2.45) is 0 Å². The van der Waals surface area contributed by atoms with Crippen LogP contribution in [0.4, 0.5) is 11.4 Å². The number of hydrogen-bond donors (Lipinski definition) is 2. The van der Waals surface area contributed by atoms with Crippen LogP contribution in [0.3, 0.4) is 0 Å². The van der Waals surface area contributed by atoms with Crippen molar-refractivity contribution in [1.82, 2.24) is 9.80 Å². The first-order valence-corrected chi connectivity index (χ1v) is 21.2. The molecule has 0 radical (unpaired) electrons. The lowest BCUT2D eigenvalue weighted by Gasteiger charge is -2.19. The van der Waals surface area contributed by atoms with Crippen LogP contribution in [-0.4, -0.2) is 100 Å². The lowest BCUT2D eigenvalue weighted by atomic mass is 10.0. The first kappa shape index (κ1) is 43.1. The molecule has 59 heavy (non-hydrogen) atoms. The van der Waals surface area contributed by atoms with Gasteiger partial charge in [-0.15, -0.1) is 0 Å². The molecule has 0 atom stereocenters. The number of nitrogen functional groups attached to an aromatic ring is 2. The van der Waals surface area contributed by atoms with Crippen molar-refractivity contribution in [3.8, 4) is 56.8 Å². The molecule has 0 bridgehead atoms. The third-order valence-electron chi connectivity index (χ3n) is 10.9. The van der Waals surface area contributed by atoms with Crippen LogP contribution in [0.2, 0.25) is 0 Å². The number of ketones is 2. The molecule has 0 aromatic heterocycles. The number of hydrogen-bond acceptors (Lipinski definition) is 12. The highest BCUT2D eigenvalue weighted by molar-refractivity contribution is 6.27. The summed E-state index contributed by atoms with van der Waals surface area (Å²) in [5, 5.41) is 0. The summed E-state index contributed by atoms with van der Waals surface area (Å²) in [5.74, 6) is 3.30. The van der Waals surface area contributed by atoms with Gasteiger partial charge in [-0.2, -0.15) is 0 Å². The van der Waals surface area contributed by atoms with Gasteiger partial charge >= 0.3 is 0 Å². The van der Waals surface area contributed by atoms with E-state index in [1.807, 2.05) is 64.1 Å². The fraction of sp³-hybridized carbons (Fsp3) is 0.447. The number of nitrogens with zero attached hydrogens (tertiary/aromatic N) is 2. The van der Waals surface area contributed by atoms with E-state index in [9.17, 15) is 9.59 Å². The topological polar surface area (TPSA) is 148 Å². The van der Waals surface area contributed by atoms with Crippen molar-refractivity contribution < 1.29 is 38.0 Å². The summed E-state index contributed by atoms with van der Waals surface area (Å²) >= 11 is 0. The van der Waals surface area contributed by atoms with E-state index in [4.69, 9.17) is 39.9 Å². The molecule has 12 heteroatoms. The Kier molecular flexibility index (Phi) is 14.6. The Morgan fingerprint density at radius 1 is 0.542 bits per heavy atom. The summed E-state index contributed by atoms with van der Waals surface area (Å²) in [6, 6.07) is 14.7. The normalized spacial score (nSPS) is 13.7. The van der Waals surface area contributed by atoms with Crippen LogP contribution in [0.1, 0.15) is 92.6 Å². The van der Waals surface area contributed by atoms with Crippen molar-refractivity contribution >= 4 is 22.9 Å². The number of ether oxygens (including phenoxy) is 6. The molecule has 4 aromatic carbocycles. The van der Waals surface area contributed by atoms with E-state index in [0.29, 0.717) is 119 Å². The summed E-state index contributed by atoms with van der Waals surface area (Å²) in [5.41, 5.74) is 18.4. The number of anilines is 2. The second-order valence-corrected chi connectivity index (χ2v) is 14.4. The van der Waals surface area contributed by atoms with E-state index >= 15 is 0 Å². The molecule has 316 valence electrons. The maximum absolute atomic E-state index is 13.2. The number of likely N-dealkylation sites (tertiary alicyclic amines) is 1. The second-order valence-electron chi connectivity index (χ2n) is 14.4.